The number of nitrogens with zero attached hydrogens (tertiary/aromatic N) is 1. The van der Waals surface area contributed by atoms with E-state index in [1.807, 2.05) is 6.07 Å². The van der Waals surface area contributed by atoms with Gasteiger partial charge >= 0.3 is 0 Å². The smallest absolute Gasteiger partial charge is 0.191 e. The van der Waals surface area contributed by atoms with E-state index in [0.29, 0.717) is 19.8 Å². The molecule has 1 saturated carbocycles. The molecule has 1 unspecified atom stereocenters. The lowest BCUT2D eigenvalue weighted by molar-refractivity contribution is 0.0191. The molecule has 0 aromatic heterocycles. The third-order valence-electron chi connectivity index (χ3n) is 4.97. The van der Waals surface area contributed by atoms with E-state index in [1.54, 1.807) is 19.2 Å². The lowest BCUT2D eigenvalue weighted by Gasteiger charge is -2.19. The molecule has 0 bridgehead atoms. The standard InChI is InChI=1S/C19H28FN3O2/c1-21-18(22-9-11-24-13-17-6-3-10-25-17)23-14-19(7-8-19)15-4-2-5-16(20)12-15/h2,4-5,12,17H,3,6-11,13-14H2,1H3,(H2,21,22,23). The van der Waals surface area contributed by atoms with Crippen LogP contribution in [0, 0.1) is 5.82 Å². The molecule has 1 atom stereocenters. The summed E-state index contributed by atoms with van der Waals surface area (Å²) < 4.78 is 24.6. The van der Waals surface area contributed by atoms with Crippen molar-refractivity contribution in [2.75, 3.05) is 40.0 Å². The second kappa shape index (κ2) is 8.63. The van der Waals surface area contributed by atoms with Gasteiger partial charge in [-0.15, -0.1) is 0 Å². The molecular weight excluding hydrogens is 321 g/mol. The molecule has 0 spiro atoms. The summed E-state index contributed by atoms with van der Waals surface area (Å²) in [4.78, 5) is 4.25. The van der Waals surface area contributed by atoms with Crippen molar-refractivity contribution < 1.29 is 13.9 Å². The van der Waals surface area contributed by atoms with Crippen molar-refractivity contribution in [1.82, 2.24) is 10.6 Å². The number of benzene rings is 1. The van der Waals surface area contributed by atoms with Gasteiger partial charge in [-0.25, -0.2) is 4.39 Å². The second-order valence-electron chi connectivity index (χ2n) is 6.85. The Hall–Kier alpha value is -1.66. The fourth-order valence-electron chi connectivity index (χ4n) is 3.24. The van der Waals surface area contributed by atoms with Crippen LogP contribution in [0.4, 0.5) is 4.39 Å². The number of hydrogen-bond donors (Lipinski definition) is 2. The van der Waals surface area contributed by atoms with E-state index in [2.05, 4.69) is 15.6 Å². The molecule has 2 N–H and O–H groups in total. The van der Waals surface area contributed by atoms with Crippen molar-refractivity contribution in [3.05, 3.63) is 35.6 Å². The molecule has 1 aliphatic heterocycles. The Kier molecular flexibility index (Phi) is 6.26. The van der Waals surface area contributed by atoms with Gasteiger partial charge in [-0.1, -0.05) is 12.1 Å². The molecular formula is C19H28FN3O2. The monoisotopic (exact) mass is 349 g/mol. The lowest BCUT2D eigenvalue weighted by atomic mass is 9.96. The van der Waals surface area contributed by atoms with Crippen LogP contribution >= 0.6 is 0 Å². The zero-order chi connectivity index (χ0) is 17.5. The van der Waals surface area contributed by atoms with Gasteiger partial charge in [0.2, 0.25) is 0 Å². The minimum atomic E-state index is -0.172. The third-order valence-corrected chi connectivity index (χ3v) is 4.97. The summed E-state index contributed by atoms with van der Waals surface area (Å²) in [6.45, 7) is 3.59. The quantitative estimate of drug-likeness (QED) is 0.429. The van der Waals surface area contributed by atoms with Gasteiger partial charge in [0.05, 0.1) is 19.3 Å². The van der Waals surface area contributed by atoms with Crippen molar-refractivity contribution >= 4 is 5.96 Å². The van der Waals surface area contributed by atoms with Crippen LogP contribution in [-0.4, -0.2) is 52.0 Å². The second-order valence-corrected chi connectivity index (χ2v) is 6.85. The molecule has 3 rings (SSSR count). The van der Waals surface area contributed by atoms with Crippen molar-refractivity contribution in [2.24, 2.45) is 4.99 Å². The van der Waals surface area contributed by atoms with Crippen LogP contribution in [0.2, 0.25) is 0 Å². The van der Waals surface area contributed by atoms with E-state index in [9.17, 15) is 4.39 Å². The fourth-order valence-corrected chi connectivity index (χ4v) is 3.24. The SMILES string of the molecule is CN=C(NCCOCC1CCCO1)NCC1(c2cccc(F)c2)CC1. The van der Waals surface area contributed by atoms with Gasteiger partial charge in [-0.05, 0) is 43.4 Å². The summed E-state index contributed by atoms with van der Waals surface area (Å²) in [5, 5.41) is 6.62. The van der Waals surface area contributed by atoms with E-state index in [4.69, 9.17) is 9.47 Å². The molecule has 1 aromatic rings. The first-order chi connectivity index (χ1) is 12.2. The van der Waals surface area contributed by atoms with E-state index >= 15 is 0 Å². The molecule has 2 fully saturated rings. The van der Waals surface area contributed by atoms with E-state index in [1.165, 1.54) is 6.07 Å². The number of hydrogen-bond acceptors (Lipinski definition) is 3. The van der Waals surface area contributed by atoms with Crippen molar-refractivity contribution in [3.8, 4) is 0 Å². The normalized spacial score (nSPS) is 22.0. The summed E-state index contributed by atoms with van der Waals surface area (Å²) in [5.41, 5.74) is 1.10. The van der Waals surface area contributed by atoms with Crippen molar-refractivity contribution in [2.45, 2.75) is 37.2 Å². The van der Waals surface area contributed by atoms with Crippen molar-refractivity contribution in [3.63, 3.8) is 0 Å². The highest BCUT2D eigenvalue weighted by atomic mass is 19.1. The largest absolute Gasteiger partial charge is 0.377 e. The minimum Gasteiger partial charge on any atom is -0.377 e. The van der Waals surface area contributed by atoms with Crippen LogP contribution in [0.1, 0.15) is 31.2 Å². The van der Waals surface area contributed by atoms with Gasteiger partial charge in [-0.3, -0.25) is 4.99 Å². The fraction of sp³-hybridized carbons (Fsp3) is 0.632. The summed E-state index contributed by atoms with van der Waals surface area (Å²) in [5.74, 6) is 0.582. The lowest BCUT2D eigenvalue weighted by Crippen LogP contribution is -2.42. The van der Waals surface area contributed by atoms with Gasteiger partial charge in [0.1, 0.15) is 5.82 Å². The molecule has 6 heteroatoms. The Labute approximate surface area is 149 Å². The number of nitrogens with one attached hydrogen (secondary N) is 2. The Bertz CT molecular complexity index is 584. The van der Waals surface area contributed by atoms with Gasteiger partial charge in [-0.2, -0.15) is 0 Å². The maximum absolute atomic E-state index is 13.5. The molecule has 1 aliphatic carbocycles. The van der Waals surface area contributed by atoms with Crippen LogP contribution in [0.25, 0.3) is 0 Å². The minimum absolute atomic E-state index is 0.0377. The van der Waals surface area contributed by atoms with Crippen LogP contribution in [-0.2, 0) is 14.9 Å². The first-order valence-electron chi connectivity index (χ1n) is 9.12. The number of guanidine groups is 1. The molecule has 138 valence electrons. The Morgan fingerprint density at radius 3 is 2.96 bits per heavy atom. The summed E-state index contributed by atoms with van der Waals surface area (Å²) in [6, 6.07) is 6.92. The first kappa shape index (κ1) is 18.1. The van der Waals surface area contributed by atoms with Gasteiger partial charge in [0, 0.05) is 32.2 Å². The highest BCUT2D eigenvalue weighted by molar-refractivity contribution is 5.79. The van der Waals surface area contributed by atoms with E-state index in [0.717, 1.165) is 50.4 Å². The van der Waals surface area contributed by atoms with Crippen molar-refractivity contribution in [1.29, 1.82) is 0 Å². The first-order valence-corrected chi connectivity index (χ1v) is 9.12. The molecule has 2 aliphatic rings. The van der Waals surface area contributed by atoms with Crippen LogP contribution in [0.5, 0.6) is 0 Å². The predicted octanol–water partition coefficient (Wildman–Crippen LogP) is 2.22. The van der Waals surface area contributed by atoms with Gasteiger partial charge in [0.15, 0.2) is 5.96 Å². The topological polar surface area (TPSA) is 54.9 Å². The summed E-state index contributed by atoms with van der Waals surface area (Å²) in [7, 11) is 1.75. The molecule has 0 radical (unpaired) electrons. The van der Waals surface area contributed by atoms with Gasteiger partial charge < -0.3 is 20.1 Å². The summed E-state index contributed by atoms with van der Waals surface area (Å²) in [6.07, 6.45) is 4.64. The third kappa shape index (κ3) is 5.16. The molecule has 5 nitrogen and oxygen atoms in total. The van der Waals surface area contributed by atoms with Crippen LogP contribution in [0.3, 0.4) is 0 Å². The number of halogens is 1. The number of ether oxygens (including phenoxy) is 2. The zero-order valence-corrected chi connectivity index (χ0v) is 14.9. The Balaban J connectivity index is 1.36. The molecule has 1 saturated heterocycles. The average molecular weight is 349 g/mol. The van der Waals surface area contributed by atoms with E-state index in [-0.39, 0.29) is 17.3 Å². The highest BCUT2D eigenvalue weighted by Crippen LogP contribution is 2.47. The maximum Gasteiger partial charge on any atom is 0.191 e. The zero-order valence-electron chi connectivity index (χ0n) is 14.9. The maximum atomic E-state index is 13.5. The molecule has 1 aromatic carbocycles. The summed E-state index contributed by atoms with van der Waals surface area (Å²) >= 11 is 0. The molecule has 0 amide bonds. The van der Waals surface area contributed by atoms with E-state index < -0.39 is 0 Å². The van der Waals surface area contributed by atoms with Crippen LogP contribution < -0.4 is 10.6 Å². The van der Waals surface area contributed by atoms with Gasteiger partial charge in [0.25, 0.3) is 0 Å². The molecule has 1 heterocycles. The van der Waals surface area contributed by atoms with Crippen LogP contribution in [0.15, 0.2) is 29.3 Å². The Morgan fingerprint density at radius 1 is 1.40 bits per heavy atom. The highest BCUT2D eigenvalue weighted by Gasteiger charge is 2.44. The molecule has 25 heavy (non-hydrogen) atoms. The average Bonchev–Trinajstić information content (AvgIpc) is 3.24. The predicted molar refractivity (Wildman–Crippen MR) is 96.5 cm³/mol. The number of rotatable bonds is 8. The number of aliphatic imine (C=N–C) groups is 1. The Morgan fingerprint density at radius 2 is 2.28 bits per heavy atom.